The lowest BCUT2D eigenvalue weighted by Crippen LogP contribution is -2.48. The molecular weight excluding hydrogens is 292 g/mol. The fourth-order valence-corrected chi connectivity index (χ4v) is 2.50. The number of hydrogen-bond donors (Lipinski definition) is 0. The Balaban J connectivity index is 2.98. The van der Waals surface area contributed by atoms with E-state index < -0.39 is 6.10 Å². The zero-order valence-electron chi connectivity index (χ0n) is 14.8. The summed E-state index contributed by atoms with van der Waals surface area (Å²) in [4.78, 5) is 14.4. The fraction of sp³-hybridized carbons (Fsp3) is 0.556. The highest BCUT2D eigenvalue weighted by molar-refractivity contribution is 5.81. The molecule has 0 radical (unpaired) electrons. The van der Waals surface area contributed by atoms with E-state index in [1.807, 2.05) is 34.6 Å². The largest absolute Gasteiger partial charge is 0.490 e. The summed E-state index contributed by atoms with van der Waals surface area (Å²) in [5, 5.41) is 8.98. The number of hydrogen-bond acceptors (Lipinski definition) is 4. The highest BCUT2D eigenvalue weighted by atomic mass is 16.5. The second kappa shape index (κ2) is 8.42. The van der Waals surface area contributed by atoms with Crippen molar-refractivity contribution in [3.8, 4) is 17.6 Å². The van der Waals surface area contributed by atoms with E-state index in [1.165, 1.54) is 0 Å². The summed E-state index contributed by atoms with van der Waals surface area (Å²) in [6, 6.07) is 7.21. The van der Waals surface area contributed by atoms with Gasteiger partial charge in [0.1, 0.15) is 0 Å². The maximum absolute atomic E-state index is 12.6. The average molecular weight is 318 g/mol. The second-order valence-electron chi connectivity index (χ2n) is 5.90. The quantitative estimate of drug-likeness (QED) is 0.773. The van der Waals surface area contributed by atoms with Crippen LogP contribution in [0.5, 0.6) is 11.5 Å². The van der Waals surface area contributed by atoms with Crippen molar-refractivity contribution in [2.45, 2.75) is 59.7 Å². The molecule has 0 bridgehead atoms. The minimum Gasteiger partial charge on any atom is -0.490 e. The number of ether oxygens (including phenoxy) is 2. The Morgan fingerprint density at radius 3 is 2.26 bits per heavy atom. The Labute approximate surface area is 138 Å². The molecule has 0 N–H and O–H groups in total. The molecule has 0 aliphatic rings. The van der Waals surface area contributed by atoms with Crippen LogP contribution in [0.25, 0.3) is 0 Å². The first-order valence-electron chi connectivity index (χ1n) is 7.97. The Kier molecular flexibility index (Phi) is 6.89. The number of carbonyl (C=O) groups excluding carboxylic acids is 1. The van der Waals surface area contributed by atoms with Crippen molar-refractivity contribution >= 4 is 5.91 Å². The van der Waals surface area contributed by atoms with Crippen LogP contribution < -0.4 is 9.47 Å². The van der Waals surface area contributed by atoms with Crippen molar-refractivity contribution in [3.63, 3.8) is 0 Å². The maximum Gasteiger partial charge on any atom is 0.263 e. The third kappa shape index (κ3) is 4.88. The van der Waals surface area contributed by atoms with Crippen molar-refractivity contribution in [2.24, 2.45) is 0 Å². The topological polar surface area (TPSA) is 62.6 Å². The Morgan fingerprint density at radius 1 is 1.17 bits per heavy atom. The van der Waals surface area contributed by atoms with E-state index in [0.29, 0.717) is 23.7 Å². The van der Waals surface area contributed by atoms with Gasteiger partial charge in [0.2, 0.25) is 0 Å². The lowest BCUT2D eigenvalue weighted by atomic mass is 10.2. The molecule has 1 unspecified atom stereocenters. The minimum atomic E-state index is -0.632. The number of nitrogens with zero attached hydrogens (tertiary/aromatic N) is 2. The smallest absolute Gasteiger partial charge is 0.263 e. The minimum absolute atomic E-state index is 0.0678. The fourth-order valence-electron chi connectivity index (χ4n) is 2.50. The lowest BCUT2D eigenvalue weighted by molar-refractivity contribution is -0.141. The van der Waals surface area contributed by atoms with Gasteiger partial charge in [-0.2, -0.15) is 5.26 Å². The summed E-state index contributed by atoms with van der Waals surface area (Å²) >= 11 is 0. The van der Waals surface area contributed by atoms with Crippen LogP contribution in [0, 0.1) is 11.3 Å². The molecule has 126 valence electrons. The Hall–Kier alpha value is -2.22. The van der Waals surface area contributed by atoms with Crippen molar-refractivity contribution in [3.05, 3.63) is 23.8 Å². The van der Waals surface area contributed by atoms with Crippen LogP contribution >= 0.6 is 0 Å². The van der Waals surface area contributed by atoms with Crippen molar-refractivity contribution in [1.29, 1.82) is 5.26 Å². The van der Waals surface area contributed by atoms with Gasteiger partial charge in [-0.1, -0.05) is 0 Å². The molecule has 0 spiro atoms. The normalized spacial score (nSPS) is 12.0. The van der Waals surface area contributed by atoms with E-state index in [-0.39, 0.29) is 18.0 Å². The second-order valence-corrected chi connectivity index (χ2v) is 5.90. The molecule has 0 aliphatic heterocycles. The molecule has 5 heteroatoms. The summed E-state index contributed by atoms with van der Waals surface area (Å²) < 4.78 is 11.3. The highest BCUT2D eigenvalue weighted by Crippen LogP contribution is 2.29. The first-order chi connectivity index (χ1) is 10.8. The van der Waals surface area contributed by atoms with Crippen molar-refractivity contribution in [1.82, 2.24) is 4.90 Å². The molecule has 0 fully saturated rings. The van der Waals surface area contributed by atoms with Gasteiger partial charge >= 0.3 is 0 Å². The van der Waals surface area contributed by atoms with Crippen LogP contribution in [0.1, 0.15) is 47.1 Å². The number of nitriles is 1. The SMILES string of the molecule is CCOc1cc(C#N)ccc1OC(C)C(=O)N(C(C)C)C(C)C. The molecule has 5 nitrogen and oxygen atoms in total. The van der Waals surface area contributed by atoms with Crippen LogP contribution in [0.3, 0.4) is 0 Å². The number of carbonyl (C=O) groups is 1. The lowest BCUT2D eigenvalue weighted by Gasteiger charge is -2.33. The van der Waals surface area contributed by atoms with Crippen molar-refractivity contribution in [2.75, 3.05) is 6.61 Å². The van der Waals surface area contributed by atoms with Crippen LogP contribution in [-0.4, -0.2) is 35.6 Å². The molecule has 0 saturated heterocycles. The third-order valence-corrected chi connectivity index (χ3v) is 3.39. The summed E-state index contributed by atoms with van der Waals surface area (Å²) in [5.74, 6) is 0.882. The van der Waals surface area contributed by atoms with Gasteiger partial charge in [-0.25, -0.2) is 0 Å². The highest BCUT2D eigenvalue weighted by Gasteiger charge is 2.27. The van der Waals surface area contributed by atoms with E-state index in [9.17, 15) is 4.79 Å². The first-order valence-corrected chi connectivity index (χ1v) is 7.97. The monoisotopic (exact) mass is 318 g/mol. The van der Waals surface area contributed by atoms with Gasteiger partial charge in [-0.05, 0) is 53.7 Å². The average Bonchev–Trinajstić information content (AvgIpc) is 2.48. The molecule has 23 heavy (non-hydrogen) atoms. The van der Waals surface area contributed by atoms with E-state index in [1.54, 1.807) is 30.0 Å². The standard InChI is InChI=1S/C18H26N2O3/c1-7-22-17-10-15(11-19)8-9-16(17)23-14(6)18(21)20(12(2)3)13(4)5/h8-10,12-14H,7H2,1-6H3. The molecule has 1 atom stereocenters. The molecule has 0 saturated carbocycles. The zero-order chi connectivity index (χ0) is 17.6. The van der Waals surface area contributed by atoms with Gasteiger partial charge in [0, 0.05) is 18.2 Å². The molecule has 1 aromatic rings. The van der Waals surface area contributed by atoms with Gasteiger partial charge in [0.05, 0.1) is 18.2 Å². The van der Waals surface area contributed by atoms with E-state index in [4.69, 9.17) is 14.7 Å². The Morgan fingerprint density at radius 2 is 1.78 bits per heavy atom. The van der Waals surface area contributed by atoms with E-state index in [0.717, 1.165) is 0 Å². The summed E-state index contributed by atoms with van der Waals surface area (Å²) in [7, 11) is 0. The molecule has 0 heterocycles. The van der Waals surface area contributed by atoms with Gasteiger partial charge in [-0.15, -0.1) is 0 Å². The van der Waals surface area contributed by atoms with Gasteiger partial charge in [0.15, 0.2) is 17.6 Å². The molecule has 0 aliphatic carbocycles. The van der Waals surface area contributed by atoms with E-state index >= 15 is 0 Å². The molecule has 0 aromatic heterocycles. The van der Waals surface area contributed by atoms with Crippen LogP contribution in [0.2, 0.25) is 0 Å². The summed E-state index contributed by atoms with van der Waals surface area (Å²) in [5.41, 5.74) is 0.491. The number of benzene rings is 1. The first kappa shape index (κ1) is 18.8. The molecular formula is C18H26N2O3. The van der Waals surface area contributed by atoms with Crippen LogP contribution in [-0.2, 0) is 4.79 Å². The van der Waals surface area contributed by atoms with Crippen LogP contribution in [0.4, 0.5) is 0 Å². The maximum atomic E-state index is 12.6. The molecule has 1 aromatic carbocycles. The third-order valence-electron chi connectivity index (χ3n) is 3.39. The number of rotatable bonds is 7. The van der Waals surface area contributed by atoms with Gasteiger partial charge in [-0.3, -0.25) is 4.79 Å². The van der Waals surface area contributed by atoms with Crippen LogP contribution in [0.15, 0.2) is 18.2 Å². The van der Waals surface area contributed by atoms with Gasteiger partial charge in [0.25, 0.3) is 5.91 Å². The summed E-state index contributed by atoms with van der Waals surface area (Å²) in [6.07, 6.45) is -0.632. The van der Waals surface area contributed by atoms with Gasteiger partial charge < -0.3 is 14.4 Å². The van der Waals surface area contributed by atoms with E-state index in [2.05, 4.69) is 6.07 Å². The summed E-state index contributed by atoms with van der Waals surface area (Å²) in [6.45, 7) is 12.0. The predicted molar refractivity (Wildman–Crippen MR) is 89.5 cm³/mol. The molecule has 1 amide bonds. The van der Waals surface area contributed by atoms with Crippen molar-refractivity contribution < 1.29 is 14.3 Å². The number of amides is 1. The zero-order valence-corrected chi connectivity index (χ0v) is 14.8. The molecule has 1 rings (SSSR count). The Bertz CT molecular complexity index is 568. The predicted octanol–water partition coefficient (Wildman–Crippen LogP) is 3.37.